The molecule has 2 aromatic carbocycles. The van der Waals surface area contributed by atoms with Crippen LogP contribution >= 0.6 is 11.6 Å². The fourth-order valence-electron chi connectivity index (χ4n) is 4.29. The van der Waals surface area contributed by atoms with Crippen LogP contribution in [0.1, 0.15) is 30.4 Å². The molecule has 1 N–H and O–H groups in total. The molecule has 0 aromatic heterocycles. The van der Waals surface area contributed by atoms with Gasteiger partial charge < -0.3 is 10.0 Å². The van der Waals surface area contributed by atoms with Crippen LogP contribution in [-0.4, -0.2) is 30.6 Å². The van der Waals surface area contributed by atoms with Crippen molar-refractivity contribution in [1.29, 1.82) is 0 Å². The van der Waals surface area contributed by atoms with Gasteiger partial charge in [0.25, 0.3) is 0 Å². The molecule has 0 radical (unpaired) electrons. The Bertz CT molecular complexity index is 780. The Morgan fingerprint density at radius 2 is 1.85 bits per heavy atom. The van der Waals surface area contributed by atoms with Crippen LogP contribution in [0.3, 0.4) is 0 Å². The molecule has 146 valence electrons. The van der Waals surface area contributed by atoms with E-state index < -0.39 is 11.4 Å². The molecule has 2 nitrogen and oxygen atoms in total. The predicted molar refractivity (Wildman–Crippen MR) is 105 cm³/mol. The minimum absolute atomic E-state index is 0.00762. The molecule has 1 aliphatic rings. The van der Waals surface area contributed by atoms with E-state index in [4.69, 9.17) is 11.6 Å². The summed E-state index contributed by atoms with van der Waals surface area (Å²) >= 11 is 5.97. The van der Waals surface area contributed by atoms with E-state index in [2.05, 4.69) is 4.90 Å². The van der Waals surface area contributed by atoms with Crippen molar-refractivity contribution in [2.45, 2.75) is 31.3 Å². The first-order chi connectivity index (χ1) is 12.8. The predicted octanol–water partition coefficient (Wildman–Crippen LogP) is 5.03. The van der Waals surface area contributed by atoms with Gasteiger partial charge in [-0.15, -0.1) is 0 Å². The van der Waals surface area contributed by atoms with Crippen LogP contribution in [0.25, 0.3) is 0 Å². The van der Waals surface area contributed by atoms with Crippen molar-refractivity contribution in [3.63, 3.8) is 0 Å². The summed E-state index contributed by atoms with van der Waals surface area (Å²) in [6.07, 6.45) is 3.16. The number of aliphatic hydroxyl groups is 1. The largest absolute Gasteiger partial charge is 0.385 e. The van der Waals surface area contributed by atoms with E-state index in [0.29, 0.717) is 17.9 Å². The van der Waals surface area contributed by atoms with E-state index in [-0.39, 0.29) is 16.8 Å². The summed E-state index contributed by atoms with van der Waals surface area (Å²) in [6.45, 7) is 0.728. The van der Waals surface area contributed by atoms with Crippen LogP contribution in [0.2, 0.25) is 5.02 Å². The first-order valence-corrected chi connectivity index (χ1v) is 9.73. The van der Waals surface area contributed by atoms with E-state index in [1.54, 1.807) is 12.1 Å². The zero-order chi connectivity index (χ0) is 19.6. The second kappa shape index (κ2) is 8.26. The van der Waals surface area contributed by atoms with Crippen molar-refractivity contribution < 1.29 is 13.9 Å². The Kier molecular flexibility index (Phi) is 6.19. The summed E-state index contributed by atoms with van der Waals surface area (Å²) in [7, 11) is 3.98. The fraction of sp³-hybridized carbons (Fsp3) is 0.455. The van der Waals surface area contributed by atoms with Gasteiger partial charge in [0.05, 0.1) is 10.6 Å². The van der Waals surface area contributed by atoms with Gasteiger partial charge in [-0.05, 0) is 81.1 Å². The van der Waals surface area contributed by atoms with Gasteiger partial charge in [-0.25, -0.2) is 8.78 Å². The second-order valence-corrected chi connectivity index (χ2v) is 8.39. The lowest BCUT2D eigenvalue weighted by Gasteiger charge is -2.44. The molecule has 0 amide bonds. The monoisotopic (exact) mass is 393 g/mol. The molecule has 5 heteroatoms. The Morgan fingerprint density at radius 1 is 1.15 bits per heavy atom. The second-order valence-electron chi connectivity index (χ2n) is 7.98. The molecule has 0 aliphatic heterocycles. The highest BCUT2D eigenvalue weighted by Gasteiger charge is 2.43. The van der Waals surface area contributed by atoms with Gasteiger partial charge in [0.1, 0.15) is 11.6 Å². The van der Waals surface area contributed by atoms with E-state index in [1.165, 1.54) is 18.2 Å². The summed E-state index contributed by atoms with van der Waals surface area (Å²) in [6, 6.07) is 11.2. The number of hydrogen-bond donors (Lipinski definition) is 1. The Labute approximate surface area is 164 Å². The molecule has 0 saturated heterocycles. The minimum Gasteiger partial charge on any atom is -0.385 e. The lowest BCUT2D eigenvalue weighted by molar-refractivity contribution is -0.0752. The maximum atomic E-state index is 13.6. The van der Waals surface area contributed by atoms with Gasteiger partial charge in [-0.2, -0.15) is 0 Å². The number of rotatable bonds is 5. The molecule has 0 spiro atoms. The Morgan fingerprint density at radius 3 is 2.48 bits per heavy atom. The smallest absolute Gasteiger partial charge is 0.141 e. The number of halogens is 3. The lowest BCUT2D eigenvalue weighted by Crippen LogP contribution is -2.45. The van der Waals surface area contributed by atoms with Crippen molar-refractivity contribution in [3.05, 3.63) is 70.2 Å². The van der Waals surface area contributed by atoms with Crippen molar-refractivity contribution >= 4 is 11.6 Å². The van der Waals surface area contributed by atoms with Crippen LogP contribution in [0.15, 0.2) is 42.5 Å². The average Bonchev–Trinajstić information content (AvgIpc) is 2.62. The number of nitrogens with zero attached hydrogens (tertiary/aromatic N) is 1. The van der Waals surface area contributed by atoms with E-state index >= 15 is 0 Å². The third kappa shape index (κ3) is 4.68. The molecular weight excluding hydrogens is 368 g/mol. The minimum atomic E-state index is -1.03. The highest BCUT2D eigenvalue weighted by atomic mass is 35.5. The SMILES string of the molecule is CN(C)CC1CC(Cc2ccc(F)cc2)CCC1(O)c1ccc(F)c(Cl)c1. The quantitative estimate of drug-likeness (QED) is 0.770. The van der Waals surface area contributed by atoms with E-state index in [1.807, 2.05) is 26.2 Å². The standard InChI is InChI=1S/C22H26ClF2NO/c1-26(2)14-18-12-16(11-15-3-6-19(24)7-4-15)9-10-22(18,27)17-5-8-21(25)20(23)13-17/h3-8,13,16,18,27H,9-12,14H2,1-2H3. The van der Waals surface area contributed by atoms with E-state index in [0.717, 1.165) is 31.4 Å². The van der Waals surface area contributed by atoms with Gasteiger partial charge in [-0.3, -0.25) is 0 Å². The van der Waals surface area contributed by atoms with Gasteiger partial charge in [0.15, 0.2) is 0 Å². The van der Waals surface area contributed by atoms with E-state index in [9.17, 15) is 13.9 Å². The number of benzene rings is 2. The fourth-order valence-corrected chi connectivity index (χ4v) is 4.48. The molecule has 1 saturated carbocycles. The summed E-state index contributed by atoms with van der Waals surface area (Å²) in [5.74, 6) is -0.279. The molecule has 3 rings (SSSR count). The molecule has 0 bridgehead atoms. The van der Waals surface area contributed by atoms with Crippen LogP contribution in [0, 0.1) is 23.5 Å². The summed E-state index contributed by atoms with van der Waals surface area (Å²) in [5.41, 5.74) is 0.766. The molecular formula is C22H26ClF2NO. The first-order valence-electron chi connectivity index (χ1n) is 9.35. The highest BCUT2D eigenvalue weighted by Crippen LogP contribution is 2.45. The Balaban J connectivity index is 1.81. The third-order valence-corrected chi connectivity index (χ3v) is 5.96. The van der Waals surface area contributed by atoms with Crippen LogP contribution in [0.5, 0.6) is 0 Å². The molecule has 0 heterocycles. The van der Waals surface area contributed by atoms with Gasteiger partial charge in [0, 0.05) is 12.5 Å². The summed E-state index contributed by atoms with van der Waals surface area (Å²) in [5, 5.41) is 11.6. The molecule has 3 atom stereocenters. The highest BCUT2D eigenvalue weighted by molar-refractivity contribution is 6.30. The molecule has 2 aromatic rings. The van der Waals surface area contributed by atoms with Crippen molar-refractivity contribution in [3.8, 4) is 0 Å². The van der Waals surface area contributed by atoms with Gasteiger partial charge in [0.2, 0.25) is 0 Å². The van der Waals surface area contributed by atoms with Crippen molar-refractivity contribution in [1.82, 2.24) is 4.90 Å². The van der Waals surface area contributed by atoms with Gasteiger partial charge >= 0.3 is 0 Å². The normalized spacial score (nSPS) is 25.7. The molecule has 27 heavy (non-hydrogen) atoms. The van der Waals surface area contributed by atoms with Crippen molar-refractivity contribution in [2.75, 3.05) is 20.6 Å². The van der Waals surface area contributed by atoms with Crippen LogP contribution in [0.4, 0.5) is 8.78 Å². The number of hydrogen-bond acceptors (Lipinski definition) is 2. The maximum Gasteiger partial charge on any atom is 0.141 e. The molecule has 3 unspecified atom stereocenters. The zero-order valence-electron chi connectivity index (χ0n) is 15.8. The molecule has 1 fully saturated rings. The first kappa shape index (κ1) is 20.2. The van der Waals surface area contributed by atoms with Crippen molar-refractivity contribution in [2.24, 2.45) is 11.8 Å². The summed E-state index contributed by atoms with van der Waals surface area (Å²) < 4.78 is 26.7. The lowest BCUT2D eigenvalue weighted by atomic mass is 9.66. The average molecular weight is 394 g/mol. The zero-order valence-corrected chi connectivity index (χ0v) is 16.5. The molecule has 1 aliphatic carbocycles. The third-order valence-electron chi connectivity index (χ3n) is 5.67. The van der Waals surface area contributed by atoms with Gasteiger partial charge in [-0.1, -0.05) is 29.8 Å². The maximum absolute atomic E-state index is 13.6. The summed E-state index contributed by atoms with van der Waals surface area (Å²) in [4.78, 5) is 2.07. The van der Waals surface area contributed by atoms with Crippen LogP contribution < -0.4 is 0 Å². The topological polar surface area (TPSA) is 23.5 Å². The Hall–Kier alpha value is -1.49. The van der Waals surface area contributed by atoms with Crippen LogP contribution in [-0.2, 0) is 12.0 Å².